The van der Waals surface area contributed by atoms with Crippen LogP contribution in [0.3, 0.4) is 0 Å². The van der Waals surface area contributed by atoms with Gasteiger partial charge in [0.1, 0.15) is 11.3 Å². The number of carbonyl (C=O) groups excluding carboxylic acids is 2. The number of benzene rings is 3. The second-order valence-electron chi connectivity index (χ2n) is 7.66. The zero-order chi connectivity index (χ0) is 27.4. The Morgan fingerprint density at radius 2 is 1.32 bits per heavy atom. The van der Waals surface area contributed by atoms with E-state index in [1.165, 1.54) is 12.1 Å². The summed E-state index contributed by atoms with van der Waals surface area (Å²) in [5.74, 6) is -1.95. The van der Waals surface area contributed by atoms with Gasteiger partial charge in [0.05, 0.1) is 17.7 Å². The average molecular weight is 522 g/mol. The largest absolute Gasteiger partial charge is 0.494 e. The topological polar surface area (TPSA) is 72.6 Å². The minimum Gasteiger partial charge on any atom is -0.494 e. The Bertz CT molecular complexity index is 1260. The molecule has 5 nitrogen and oxygen atoms in total. The molecule has 3 rings (SSSR count). The fourth-order valence-electron chi connectivity index (χ4n) is 3.38. The van der Waals surface area contributed by atoms with Crippen molar-refractivity contribution in [2.45, 2.75) is 19.3 Å². The van der Waals surface area contributed by atoms with E-state index < -0.39 is 52.2 Å². The molecule has 0 saturated carbocycles. The molecule has 2 amide bonds. The molecule has 0 saturated heterocycles. The van der Waals surface area contributed by atoms with E-state index in [0.717, 1.165) is 42.5 Å². The number of primary amides is 1. The Labute approximate surface area is 207 Å². The molecule has 0 aliphatic heterocycles. The number of hydrogen-bond acceptors (Lipinski definition) is 3. The third-order valence-electron chi connectivity index (χ3n) is 5.06. The van der Waals surface area contributed by atoms with Gasteiger partial charge < -0.3 is 10.5 Å². The first kappa shape index (κ1) is 27.3. The van der Waals surface area contributed by atoms with E-state index in [9.17, 15) is 35.9 Å². The van der Waals surface area contributed by atoms with Gasteiger partial charge in [0.2, 0.25) is 0 Å². The van der Waals surface area contributed by atoms with Crippen molar-refractivity contribution in [3.63, 3.8) is 0 Å². The van der Waals surface area contributed by atoms with Crippen molar-refractivity contribution in [3.8, 4) is 5.75 Å². The molecular formula is C26H20F6N2O3. The average Bonchev–Trinajstić information content (AvgIpc) is 2.83. The third-order valence-corrected chi connectivity index (χ3v) is 5.06. The summed E-state index contributed by atoms with van der Waals surface area (Å²) in [4.78, 5) is 26.4. The van der Waals surface area contributed by atoms with E-state index in [4.69, 9.17) is 10.5 Å². The number of nitrogens with zero attached hydrogens (tertiary/aromatic N) is 1. The fraction of sp³-hybridized carbons (Fsp3) is 0.154. The molecule has 11 heteroatoms. The molecule has 2 N–H and O–H groups in total. The number of rotatable bonds is 7. The standard InChI is InChI=1S/C26H20F6N2O3/c1-2-37-21-11-9-16(10-12-21)13-22(23(33)35)24(36)34(19-7-3-5-17(14-19)25(27,28)29)20-8-4-6-18(15-20)26(30,31)32/h3-15H,2H2,1H3,(H2,33,35). The zero-order valence-corrected chi connectivity index (χ0v) is 19.2. The normalized spacial score (nSPS) is 12.2. The molecule has 194 valence electrons. The van der Waals surface area contributed by atoms with Crippen LogP contribution in [-0.4, -0.2) is 18.4 Å². The van der Waals surface area contributed by atoms with Gasteiger partial charge in [-0.15, -0.1) is 0 Å². The first-order chi connectivity index (χ1) is 17.3. The van der Waals surface area contributed by atoms with Crippen LogP contribution in [0.4, 0.5) is 37.7 Å². The van der Waals surface area contributed by atoms with Crippen LogP contribution in [0.15, 0.2) is 78.4 Å². The molecule has 0 unspecified atom stereocenters. The second kappa shape index (κ2) is 10.8. The summed E-state index contributed by atoms with van der Waals surface area (Å²) in [5, 5.41) is 0. The lowest BCUT2D eigenvalue weighted by Gasteiger charge is -2.25. The van der Waals surface area contributed by atoms with Crippen LogP contribution < -0.4 is 15.4 Å². The molecule has 0 aliphatic carbocycles. The van der Waals surface area contributed by atoms with Crippen LogP contribution in [0, 0.1) is 0 Å². The van der Waals surface area contributed by atoms with Gasteiger partial charge in [-0.1, -0.05) is 24.3 Å². The van der Waals surface area contributed by atoms with Crippen LogP contribution in [0.1, 0.15) is 23.6 Å². The van der Waals surface area contributed by atoms with Crippen LogP contribution in [-0.2, 0) is 21.9 Å². The molecular weight excluding hydrogens is 502 g/mol. The summed E-state index contributed by atoms with van der Waals surface area (Å²) >= 11 is 0. The Balaban J connectivity index is 2.18. The van der Waals surface area contributed by atoms with Crippen LogP contribution in [0.2, 0.25) is 0 Å². The van der Waals surface area contributed by atoms with Crippen LogP contribution >= 0.6 is 0 Å². The van der Waals surface area contributed by atoms with Crippen molar-refractivity contribution in [1.29, 1.82) is 0 Å². The predicted molar refractivity (Wildman–Crippen MR) is 125 cm³/mol. The van der Waals surface area contributed by atoms with Gasteiger partial charge in [0, 0.05) is 11.4 Å². The summed E-state index contributed by atoms with van der Waals surface area (Å²) in [5.41, 5.74) is 1.93. The number of amides is 2. The second-order valence-corrected chi connectivity index (χ2v) is 7.66. The SMILES string of the molecule is CCOc1ccc(C=C(C(N)=O)C(=O)N(c2cccc(C(F)(F)F)c2)c2cccc(C(F)(F)F)c2)cc1. The number of nitrogens with two attached hydrogens (primary N) is 1. The van der Waals surface area contributed by atoms with Gasteiger partial charge in [-0.2, -0.15) is 26.3 Å². The zero-order valence-electron chi connectivity index (χ0n) is 19.2. The van der Waals surface area contributed by atoms with Crippen molar-refractivity contribution in [1.82, 2.24) is 0 Å². The Morgan fingerprint density at radius 3 is 1.73 bits per heavy atom. The molecule has 3 aromatic carbocycles. The molecule has 0 aromatic heterocycles. The number of carbonyl (C=O) groups is 2. The van der Waals surface area contributed by atoms with Crippen molar-refractivity contribution >= 4 is 29.3 Å². The number of ether oxygens (including phenoxy) is 1. The number of alkyl halides is 6. The highest BCUT2D eigenvalue weighted by Gasteiger charge is 2.34. The van der Waals surface area contributed by atoms with Crippen LogP contribution in [0.25, 0.3) is 6.08 Å². The van der Waals surface area contributed by atoms with E-state index in [2.05, 4.69) is 0 Å². The summed E-state index contributed by atoms with van der Waals surface area (Å²) in [7, 11) is 0. The summed E-state index contributed by atoms with van der Waals surface area (Å²) < 4.78 is 85.5. The van der Waals surface area contributed by atoms with Crippen LogP contribution in [0.5, 0.6) is 5.75 Å². The summed E-state index contributed by atoms with van der Waals surface area (Å²) in [6, 6.07) is 12.9. The molecule has 0 aliphatic rings. The maximum absolute atomic E-state index is 13.6. The van der Waals surface area contributed by atoms with E-state index in [-0.39, 0.29) is 0 Å². The maximum atomic E-state index is 13.6. The van der Waals surface area contributed by atoms with E-state index in [1.807, 2.05) is 0 Å². The number of hydrogen-bond donors (Lipinski definition) is 1. The van der Waals surface area contributed by atoms with Gasteiger partial charge >= 0.3 is 12.4 Å². The van der Waals surface area contributed by atoms with Gasteiger partial charge in [0.25, 0.3) is 11.8 Å². The molecule has 0 atom stereocenters. The van der Waals surface area contributed by atoms with Crippen molar-refractivity contribution < 1.29 is 40.7 Å². The van der Waals surface area contributed by atoms with Gasteiger partial charge in [-0.05, 0) is 67.1 Å². The van der Waals surface area contributed by atoms with Crippen molar-refractivity contribution in [3.05, 3.63) is 95.1 Å². The molecule has 37 heavy (non-hydrogen) atoms. The quantitative estimate of drug-likeness (QED) is 0.170. The summed E-state index contributed by atoms with van der Waals surface area (Å²) in [6.07, 6.45) is -8.51. The molecule has 0 fully saturated rings. The third kappa shape index (κ3) is 6.69. The van der Waals surface area contributed by atoms with Gasteiger partial charge in [-0.3, -0.25) is 14.5 Å². The van der Waals surface area contributed by atoms with Gasteiger partial charge in [0.15, 0.2) is 0 Å². The van der Waals surface area contributed by atoms with E-state index in [0.29, 0.717) is 35.0 Å². The molecule has 0 bridgehead atoms. The predicted octanol–water partition coefficient (Wildman–Crippen LogP) is 6.36. The highest BCUT2D eigenvalue weighted by atomic mass is 19.4. The maximum Gasteiger partial charge on any atom is 0.416 e. The monoisotopic (exact) mass is 522 g/mol. The molecule has 0 radical (unpaired) electrons. The lowest BCUT2D eigenvalue weighted by atomic mass is 10.1. The van der Waals surface area contributed by atoms with Crippen molar-refractivity contribution in [2.24, 2.45) is 5.73 Å². The Hall–Kier alpha value is -4.28. The molecule has 0 spiro atoms. The lowest BCUT2D eigenvalue weighted by molar-refractivity contribution is -0.138. The number of anilines is 2. The number of halogens is 6. The molecule has 0 heterocycles. The highest BCUT2D eigenvalue weighted by Crippen LogP contribution is 2.37. The Kier molecular flexibility index (Phi) is 7.95. The van der Waals surface area contributed by atoms with E-state index >= 15 is 0 Å². The van der Waals surface area contributed by atoms with E-state index in [1.54, 1.807) is 19.1 Å². The lowest BCUT2D eigenvalue weighted by Crippen LogP contribution is -2.33. The smallest absolute Gasteiger partial charge is 0.416 e. The Morgan fingerprint density at radius 1 is 0.838 bits per heavy atom. The summed E-state index contributed by atoms with van der Waals surface area (Å²) in [6.45, 7) is 2.16. The van der Waals surface area contributed by atoms with Gasteiger partial charge in [-0.25, -0.2) is 0 Å². The first-order valence-electron chi connectivity index (χ1n) is 10.7. The minimum atomic E-state index is -4.80. The van der Waals surface area contributed by atoms with Crippen molar-refractivity contribution in [2.75, 3.05) is 11.5 Å². The minimum absolute atomic E-state index is 0.318. The highest BCUT2D eigenvalue weighted by molar-refractivity contribution is 6.27. The first-order valence-corrected chi connectivity index (χ1v) is 10.7. The molecule has 3 aromatic rings. The fourth-order valence-corrected chi connectivity index (χ4v) is 3.38.